The summed E-state index contributed by atoms with van der Waals surface area (Å²) in [5, 5.41) is -5.11. The van der Waals surface area contributed by atoms with E-state index in [4.69, 9.17) is 0 Å². The maximum atomic E-state index is 15.0. The summed E-state index contributed by atoms with van der Waals surface area (Å²) in [6, 6.07) is -7.32. The Morgan fingerprint density at radius 3 is 1.61 bits per heavy atom. The molecule has 0 spiro atoms. The number of rotatable bonds is 7. The second-order valence-electron chi connectivity index (χ2n) is 8.07. The quantitative estimate of drug-likeness (QED) is 0.147. The van der Waals surface area contributed by atoms with E-state index in [-0.39, 0.29) is 6.42 Å². The Labute approximate surface area is 189 Å². The molecule has 1 heterocycles. The Balaban J connectivity index is 2.47. The van der Waals surface area contributed by atoms with Crippen molar-refractivity contribution in [2.24, 2.45) is 0 Å². The standard InChI is InChI=1S/C16H13F17N2O/c17-7(5-3-1-2-4-6-9(18,19)20)34-8(36)10(21)11(22,16(31,32)35(34)33)13(25,26)15(29,30)14(27,28)12(10,23)24/h7H,1-6H2. The fraction of sp³-hybridized carbons (Fsp3) is 0.938. The van der Waals surface area contributed by atoms with Gasteiger partial charge in [0, 0.05) is 11.7 Å². The molecule has 1 aliphatic carbocycles. The van der Waals surface area contributed by atoms with Gasteiger partial charge in [-0.05, 0) is 19.3 Å². The first-order chi connectivity index (χ1) is 15.8. The molecule has 2 rings (SSSR count). The average Bonchev–Trinajstić information content (AvgIpc) is 2.71. The van der Waals surface area contributed by atoms with Crippen LogP contribution in [0.3, 0.4) is 0 Å². The Hall–Kier alpha value is -1.76. The number of nitrogens with zero attached hydrogens (tertiary/aromatic N) is 2. The van der Waals surface area contributed by atoms with Crippen molar-refractivity contribution in [1.82, 2.24) is 10.2 Å². The molecule has 0 radical (unpaired) electrons. The van der Waals surface area contributed by atoms with Crippen LogP contribution in [0.5, 0.6) is 0 Å². The van der Waals surface area contributed by atoms with Crippen LogP contribution >= 0.6 is 0 Å². The van der Waals surface area contributed by atoms with Crippen LogP contribution in [0.15, 0.2) is 0 Å². The number of amides is 1. The normalized spacial score (nSPS) is 33.8. The fourth-order valence-corrected chi connectivity index (χ4v) is 3.79. The number of fused-ring (bicyclic) bond motifs is 1. The van der Waals surface area contributed by atoms with Gasteiger partial charge in [0.05, 0.1) is 0 Å². The second-order valence-corrected chi connectivity index (χ2v) is 8.07. The van der Waals surface area contributed by atoms with Gasteiger partial charge in [-0.1, -0.05) is 12.8 Å². The lowest BCUT2D eigenvalue weighted by molar-refractivity contribution is -0.521. The van der Waals surface area contributed by atoms with Crippen LogP contribution in [0.1, 0.15) is 38.5 Å². The first-order valence-electron chi connectivity index (χ1n) is 9.59. The van der Waals surface area contributed by atoms with Crippen molar-refractivity contribution in [2.45, 2.75) is 92.1 Å². The molecule has 20 heteroatoms. The van der Waals surface area contributed by atoms with Crippen LogP contribution in [0.2, 0.25) is 0 Å². The third-order valence-corrected chi connectivity index (χ3v) is 5.78. The molecule has 1 saturated heterocycles. The molecule has 0 aromatic heterocycles. The molecular formula is C16H13F17N2O. The van der Waals surface area contributed by atoms with E-state index >= 15 is 4.39 Å². The minimum Gasteiger partial charge on any atom is -0.269 e. The fourth-order valence-electron chi connectivity index (χ4n) is 3.79. The molecule has 212 valence electrons. The molecule has 0 bridgehead atoms. The van der Waals surface area contributed by atoms with Crippen LogP contribution in [-0.4, -0.2) is 69.7 Å². The van der Waals surface area contributed by atoms with Gasteiger partial charge in [0.25, 0.3) is 5.91 Å². The van der Waals surface area contributed by atoms with Gasteiger partial charge in [-0.15, -0.1) is 4.48 Å². The van der Waals surface area contributed by atoms with Crippen molar-refractivity contribution in [1.29, 1.82) is 0 Å². The highest BCUT2D eigenvalue weighted by molar-refractivity contribution is 5.90. The van der Waals surface area contributed by atoms with Crippen molar-refractivity contribution in [3.05, 3.63) is 0 Å². The Morgan fingerprint density at radius 1 is 0.694 bits per heavy atom. The zero-order valence-corrected chi connectivity index (χ0v) is 17.0. The second kappa shape index (κ2) is 8.37. The van der Waals surface area contributed by atoms with Gasteiger partial charge in [0.15, 0.2) is 6.30 Å². The highest BCUT2D eigenvalue weighted by atomic mass is 19.4. The highest BCUT2D eigenvalue weighted by Gasteiger charge is 3.08. The minimum absolute atomic E-state index is 0.373. The van der Waals surface area contributed by atoms with E-state index in [0.29, 0.717) is 0 Å². The predicted molar refractivity (Wildman–Crippen MR) is 80.9 cm³/mol. The molecular weight excluding hydrogens is 559 g/mol. The predicted octanol–water partition coefficient (Wildman–Crippen LogP) is 6.69. The van der Waals surface area contributed by atoms with Crippen molar-refractivity contribution >= 4 is 5.91 Å². The number of halogens is 17. The van der Waals surface area contributed by atoms with Gasteiger partial charge in [0.1, 0.15) is 0 Å². The molecule has 0 aromatic carbocycles. The maximum Gasteiger partial charge on any atom is 0.391 e. The maximum absolute atomic E-state index is 15.0. The number of hydrogen-bond acceptors (Lipinski definition) is 2. The molecule has 2 aliphatic rings. The van der Waals surface area contributed by atoms with E-state index < -0.39 is 102 Å². The zero-order valence-electron chi connectivity index (χ0n) is 17.0. The monoisotopic (exact) mass is 572 g/mol. The largest absolute Gasteiger partial charge is 0.391 e. The van der Waals surface area contributed by atoms with E-state index in [0.717, 1.165) is 0 Å². The van der Waals surface area contributed by atoms with Crippen molar-refractivity contribution in [3.8, 4) is 0 Å². The van der Waals surface area contributed by atoms with Crippen LogP contribution in [0.25, 0.3) is 0 Å². The molecule has 3 nitrogen and oxygen atoms in total. The van der Waals surface area contributed by atoms with Gasteiger partial charge < -0.3 is 0 Å². The summed E-state index contributed by atoms with van der Waals surface area (Å²) in [7, 11) is 0. The molecule has 3 unspecified atom stereocenters. The van der Waals surface area contributed by atoms with Gasteiger partial charge in [-0.25, -0.2) is 18.2 Å². The molecule has 0 N–H and O–H groups in total. The number of carbonyl (C=O) groups excluding carboxylic acids is 1. The minimum atomic E-state index is -7.89. The van der Waals surface area contributed by atoms with Crippen LogP contribution < -0.4 is 0 Å². The molecule has 3 atom stereocenters. The van der Waals surface area contributed by atoms with Gasteiger partial charge in [-0.2, -0.15) is 57.1 Å². The molecule has 0 aromatic rings. The summed E-state index contributed by atoms with van der Waals surface area (Å²) in [4.78, 5) is 12.0. The smallest absolute Gasteiger partial charge is 0.269 e. The average molecular weight is 572 g/mol. The molecule has 1 saturated carbocycles. The number of hydrazine groups is 1. The number of unbranched alkanes of at least 4 members (excludes halogenated alkanes) is 3. The number of alkyl halides is 16. The Bertz CT molecular complexity index is 860. The summed E-state index contributed by atoms with van der Waals surface area (Å²) in [6.45, 7) is 0. The van der Waals surface area contributed by atoms with E-state index in [1.165, 1.54) is 0 Å². The molecule has 1 aliphatic heterocycles. The lowest BCUT2D eigenvalue weighted by Gasteiger charge is -2.60. The van der Waals surface area contributed by atoms with Crippen LogP contribution in [0, 0.1) is 0 Å². The first kappa shape index (κ1) is 30.5. The molecule has 1 amide bonds. The third-order valence-electron chi connectivity index (χ3n) is 5.78. The molecule has 2 fully saturated rings. The van der Waals surface area contributed by atoms with E-state index in [2.05, 4.69) is 0 Å². The summed E-state index contributed by atoms with van der Waals surface area (Å²) < 4.78 is 233. The Morgan fingerprint density at radius 2 is 1.14 bits per heavy atom. The lowest BCUT2D eigenvalue weighted by atomic mass is 9.63. The topological polar surface area (TPSA) is 23.6 Å². The van der Waals surface area contributed by atoms with Gasteiger partial charge >= 0.3 is 47.3 Å². The number of carbonyl (C=O) groups is 1. The van der Waals surface area contributed by atoms with Gasteiger partial charge in [-0.3, -0.25) is 4.79 Å². The van der Waals surface area contributed by atoms with Crippen LogP contribution in [0.4, 0.5) is 74.7 Å². The van der Waals surface area contributed by atoms with Crippen molar-refractivity contribution in [2.75, 3.05) is 0 Å². The summed E-state index contributed by atoms with van der Waals surface area (Å²) >= 11 is 0. The zero-order chi connectivity index (χ0) is 28.6. The van der Waals surface area contributed by atoms with E-state index in [1.54, 1.807) is 0 Å². The summed E-state index contributed by atoms with van der Waals surface area (Å²) in [5.74, 6) is -35.3. The van der Waals surface area contributed by atoms with Crippen molar-refractivity contribution in [3.63, 3.8) is 0 Å². The lowest BCUT2D eigenvalue weighted by Crippen LogP contribution is -2.95. The third kappa shape index (κ3) is 3.47. The first-order valence-corrected chi connectivity index (χ1v) is 9.59. The SMILES string of the molecule is O=C1N(C(F)CCCCCCC(F)(F)F)N(F)C(F)(F)C2(F)C(F)(F)C(F)(F)C(F)(F)C(F)(F)C12F. The summed E-state index contributed by atoms with van der Waals surface area (Å²) in [6.07, 6.45) is -13.5. The van der Waals surface area contributed by atoms with E-state index in [1.807, 2.05) is 0 Å². The van der Waals surface area contributed by atoms with E-state index in [9.17, 15) is 75.1 Å². The van der Waals surface area contributed by atoms with Gasteiger partial charge in [0.2, 0.25) is 0 Å². The number of hydrogen-bond donors (Lipinski definition) is 0. The van der Waals surface area contributed by atoms with Crippen molar-refractivity contribution < 1.29 is 79.5 Å². The summed E-state index contributed by atoms with van der Waals surface area (Å²) in [5.41, 5.74) is -15.1. The highest BCUT2D eigenvalue weighted by Crippen LogP contribution is 2.73. The van der Waals surface area contributed by atoms with Crippen LogP contribution in [-0.2, 0) is 4.79 Å². The Kier molecular flexibility index (Phi) is 7.08. The molecule has 36 heavy (non-hydrogen) atoms.